The summed E-state index contributed by atoms with van der Waals surface area (Å²) in [5.41, 5.74) is 15.9. The van der Waals surface area contributed by atoms with Gasteiger partial charge in [0.05, 0.1) is 12.5 Å². The Balaban J connectivity index is 5.51. The van der Waals surface area contributed by atoms with Gasteiger partial charge in [0.2, 0.25) is 29.5 Å². The first kappa shape index (κ1) is 31.2. The third-order valence-corrected chi connectivity index (χ3v) is 4.68. The molecule has 0 heterocycles. The van der Waals surface area contributed by atoms with Crippen LogP contribution in [0.4, 0.5) is 0 Å². The van der Waals surface area contributed by atoms with Crippen LogP contribution in [0.5, 0.6) is 0 Å². The minimum Gasteiger partial charge on any atom is -0.481 e. The van der Waals surface area contributed by atoms with Crippen molar-refractivity contribution in [1.29, 1.82) is 0 Å². The first-order chi connectivity index (χ1) is 16.1. The second kappa shape index (κ2) is 15.2. The van der Waals surface area contributed by atoms with Crippen LogP contribution in [0.2, 0.25) is 0 Å². The Morgan fingerprint density at radius 2 is 1.23 bits per heavy atom. The van der Waals surface area contributed by atoms with Gasteiger partial charge in [0.25, 0.3) is 0 Å². The number of nitrogens with two attached hydrogens (primary N) is 3. The van der Waals surface area contributed by atoms with Crippen LogP contribution in [-0.2, 0) is 33.6 Å². The van der Waals surface area contributed by atoms with E-state index in [-0.39, 0.29) is 25.2 Å². The van der Waals surface area contributed by atoms with Crippen LogP contribution in [0.25, 0.3) is 0 Å². The monoisotopic (exact) mass is 502 g/mol. The van der Waals surface area contributed by atoms with E-state index < -0.39 is 84.9 Å². The zero-order chi connectivity index (χ0) is 27.3. The predicted octanol–water partition coefficient (Wildman–Crippen LogP) is -3.10. The molecule has 0 radical (unpaired) electrons. The fraction of sp³-hybridized carbons (Fsp3) is 0.650. The van der Waals surface area contributed by atoms with E-state index >= 15 is 0 Å². The van der Waals surface area contributed by atoms with Gasteiger partial charge in [-0.1, -0.05) is 13.8 Å². The van der Waals surface area contributed by atoms with Crippen molar-refractivity contribution in [2.75, 3.05) is 0 Å². The second-order valence-electron chi connectivity index (χ2n) is 8.37. The zero-order valence-corrected chi connectivity index (χ0v) is 19.6. The number of aliphatic carboxylic acids is 2. The lowest BCUT2D eigenvalue weighted by Gasteiger charge is -2.25. The lowest BCUT2D eigenvalue weighted by atomic mass is 10.0. The van der Waals surface area contributed by atoms with Crippen molar-refractivity contribution >= 4 is 41.5 Å². The molecule has 0 saturated carbocycles. The van der Waals surface area contributed by atoms with Crippen molar-refractivity contribution in [2.24, 2.45) is 23.1 Å². The minimum atomic E-state index is -1.60. The molecule has 0 aliphatic rings. The highest BCUT2D eigenvalue weighted by Crippen LogP contribution is 2.08. The molecule has 0 aromatic heterocycles. The molecule has 0 aromatic rings. The molecule has 0 fully saturated rings. The number of carboxylic acids is 2. The molecule has 15 nitrogen and oxygen atoms in total. The number of hydrogen-bond acceptors (Lipinski definition) is 8. The molecule has 0 aromatic carbocycles. The van der Waals surface area contributed by atoms with Crippen LogP contribution in [0.15, 0.2) is 0 Å². The molecule has 0 bridgehead atoms. The summed E-state index contributed by atoms with van der Waals surface area (Å²) < 4.78 is 0. The molecule has 0 rings (SSSR count). The van der Waals surface area contributed by atoms with Gasteiger partial charge in [0.15, 0.2) is 0 Å². The van der Waals surface area contributed by atoms with Crippen LogP contribution >= 0.6 is 0 Å². The van der Waals surface area contributed by atoms with E-state index in [0.29, 0.717) is 0 Å². The summed E-state index contributed by atoms with van der Waals surface area (Å²) in [7, 11) is 0. The molecule has 35 heavy (non-hydrogen) atoms. The van der Waals surface area contributed by atoms with Crippen LogP contribution in [0, 0.1) is 5.92 Å². The van der Waals surface area contributed by atoms with Gasteiger partial charge in [0.1, 0.15) is 18.1 Å². The summed E-state index contributed by atoms with van der Waals surface area (Å²) in [6.07, 6.45) is -1.78. The molecule has 0 aliphatic heterocycles. The first-order valence-electron chi connectivity index (χ1n) is 10.8. The Labute approximate surface area is 201 Å². The topological polar surface area (TPSA) is 274 Å². The highest BCUT2D eigenvalue weighted by Gasteiger charge is 2.31. The quantitative estimate of drug-likeness (QED) is 0.0991. The van der Waals surface area contributed by atoms with E-state index in [4.69, 9.17) is 22.3 Å². The number of carbonyl (C=O) groups is 7. The van der Waals surface area contributed by atoms with Crippen LogP contribution in [0.1, 0.15) is 52.4 Å². The first-order valence-corrected chi connectivity index (χ1v) is 10.8. The maximum Gasteiger partial charge on any atom is 0.326 e. The van der Waals surface area contributed by atoms with E-state index in [1.54, 1.807) is 13.8 Å². The number of nitrogens with one attached hydrogen (secondary N) is 3. The highest BCUT2D eigenvalue weighted by atomic mass is 16.4. The summed E-state index contributed by atoms with van der Waals surface area (Å²) in [5, 5.41) is 24.7. The summed E-state index contributed by atoms with van der Waals surface area (Å²) >= 11 is 0. The van der Waals surface area contributed by atoms with Crippen LogP contribution in [-0.4, -0.2) is 75.9 Å². The summed E-state index contributed by atoms with van der Waals surface area (Å²) in [4.78, 5) is 82.2. The Bertz CT molecular complexity index is 817. The number of amides is 5. The summed E-state index contributed by atoms with van der Waals surface area (Å²) in [6, 6.07) is -5.52. The van der Waals surface area contributed by atoms with Gasteiger partial charge in [-0.05, 0) is 25.2 Å². The van der Waals surface area contributed by atoms with Crippen molar-refractivity contribution in [3.05, 3.63) is 0 Å². The lowest BCUT2D eigenvalue weighted by Crippen LogP contribution is -2.58. The number of carbonyl (C=O) groups excluding carboxylic acids is 5. The highest BCUT2D eigenvalue weighted by molar-refractivity contribution is 5.96. The van der Waals surface area contributed by atoms with Gasteiger partial charge < -0.3 is 43.4 Å². The SMILES string of the molecule is CC(C)CC(NC(=O)C(N)CCC(N)=O)C(=O)NC(CC(N)=O)C(=O)NC(CCC(=O)O)C(=O)O. The molecule has 15 heteroatoms. The van der Waals surface area contributed by atoms with Gasteiger partial charge in [-0.15, -0.1) is 0 Å². The van der Waals surface area contributed by atoms with Crippen molar-refractivity contribution in [1.82, 2.24) is 16.0 Å². The number of primary amides is 2. The molecular weight excluding hydrogens is 468 g/mol. The van der Waals surface area contributed by atoms with Gasteiger partial charge in [-0.25, -0.2) is 4.79 Å². The van der Waals surface area contributed by atoms with Crippen molar-refractivity contribution in [2.45, 2.75) is 76.5 Å². The maximum absolute atomic E-state index is 12.9. The van der Waals surface area contributed by atoms with E-state index in [1.165, 1.54) is 0 Å². The van der Waals surface area contributed by atoms with Gasteiger partial charge in [-0.2, -0.15) is 0 Å². The minimum absolute atomic E-state index is 0.0587. The Hall–Kier alpha value is -3.75. The van der Waals surface area contributed by atoms with Gasteiger partial charge in [-0.3, -0.25) is 28.8 Å². The van der Waals surface area contributed by atoms with Crippen LogP contribution in [0.3, 0.4) is 0 Å². The van der Waals surface area contributed by atoms with Crippen molar-refractivity contribution in [3.8, 4) is 0 Å². The molecule has 5 amide bonds. The maximum atomic E-state index is 12.9. The fourth-order valence-corrected chi connectivity index (χ4v) is 2.89. The van der Waals surface area contributed by atoms with E-state index in [9.17, 15) is 38.7 Å². The molecule has 0 spiro atoms. The van der Waals surface area contributed by atoms with Gasteiger partial charge >= 0.3 is 11.9 Å². The smallest absolute Gasteiger partial charge is 0.326 e. The number of carboxylic acid groups (broad SMARTS) is 2. The summed E-state index contributed by atoms with van der Waals surface area (Å²) in [6.45, 7) is 3.51. The molecule has 4 atom stereocenters. The average Bonchev–Trinajstić information content (AvgIpc) is 2.72. The van der Waals surface area contributed by atoms with E-state index in [0.717, 1.165) is 0 Å². The molecule has 0 aliphatic carbocycles. The van der Waals surface area contributed by atoms with Gasteiger partial charge in [0, 0.05) is 12.8 Å². The Morgan fingerprint density at radius 3 is 1.69 bits per heavy atom. The molecular formula is C20H34N6O9. The number of rotatable bonds is 17. The lowest BCUT2D eigenvalue weighted by molar-refractivity contribution is -0.143. The zero-order valence-electron chi connectivity index (χ0n) is 19.6. The second-order valence-corrected chi connectivity index (χ2v) is 8.37. The third kappa shape index (κ3) is 13.5. The molecule has 198 valence electrons. The predicted molar refractivity (Wildman–Crippen MR) is 120 cm³/mol. The summed E-state index contributed by atoms with van der Waals surface area (Å²) in [5.74, 6) is -7.25. The fourth-order valence-electron chi connectivity index (χ4n) is 2.89. The molecule has 0 saturated heterocycles. The van der Waals surface area contributed by atoms with E-state index in [2.05, 4.69) is 16.0 Å². The Kier molecular flexibility index (Phi) is 13.6. The number of hydrogen-bond donors (Lipinski definition) is 8. The Morgan fingerprint density at radius 1 is 0.714 bits per heavy atom. The van der Waals surface area contributed by atoms with Crippen molar-refractivity contribution in [3.63, 3.8) is 0 Å². The van der Waals surface area contributed by atoms with Crippen LogP contribution < -0.4 is 33.2 Å². The third-order valence-electron chi connectivity index (χ3n) is 4.68. The average molecular weight is 503 g/mol. The molecule has 4 unspecified atom stereocenters. The molecule has 11 N–H and O–H groups in total. The van der Waals surface area contributed by atoms with E-state index in [1.807, 2.05) is 0 Å². The largest absolute Gasteiger partial charge is 0.481 e. The normalized spacial score (nSPS) is 14.2. The standard InChI is InChI=1S/C20H34N6O9/c1-9(2)7-12(25-17(31)10(21)3-5-14(22)27)18(32)26-13(8-15(23)28)19(33)24-11(20(34)35)4-6-16(29)30/h9-13H,3-8,21H2,1-2H3,(H2,22,27)(H2,23,28)(H,24,33)(H,25,31)(H,26,32)(H,29,30)(H,34,35). The van der Waals surface area contributed by atoms with Crippen molar-refractivity contribution < 1.29 is 43.8 Å².